The number of hydrogen-bond donors (Lipinski definition) is 2. The van der Waals surface area contributed by atoms with Crippen LogP contribution in [0.4, 0.5) is 17.1 Å². The lowest BCUT2D eigenvalue weighted by atomic mass is 10.1. The number of aryl methyl sites for hydroxylation is 1. The monoisotopic (exact) mass is 494 g/mol. The maximum atomic E-state index is 13.3. The van der Waals surface area contributed by atoms with Crippen LogP contribution >= 0.6 is 0 Å². The number of carbonyl (C=O) groups excluding carboxylic acids is 1. The lowest BCUT2D eigenvalue weighted by molar-refractivity contribution is 0.102. The van der Waals surface area contributed by atoms with Crippen molar-refractivity contribution in [2.75, 3.05) is 47.9 Å². The van der Waals surface area contributed by atoms with E-state index in [0.717, 1.165) is 30.2 Å². The van der Waals surface area contributed by atoms with E-state index in [1.807, 2.05) is 0 Å². The van der Waals surface area contributed by atoms with Crippen molar-refractivity contribution in [3.8, 4) is 0 Å². The maximum Gasteiger partial charge on any atom is 0.257 e. The van der Waals surface area contributed by atoms with E-state index >= 15 is 0 Å². The molecule has 2 aromatic rings. The summed E-state index contributed by atoms with van der Waals surface area (Å²) in [5, 5.41) is 2.82. The summed E-state index contributed by atoms with van der Waals surface area (Å²) >= 11 is 0. The van der Waals surface area contributed by atoms with Gasteiger partial charge >= 0.3 is 0 Å². The Hall–Kier alpha value is -2.63. The Morgan fingerprint density at radius 3 is 2.27 bits per heavy atom. The molecular weight excluding hydrogens is 464 g/mol. The standard InChI is InChI=1S/C22H30N4O5S2/c1-5-32(28,29)24-20-10-8-17(14-16(20)2)23-22(27)19-15-18(33(30,31)25(3)4)9-11-21(19)26-12-6-7-13-26/h8-11,14-15,24H,5-7,12-13H2,1-4H3,(H,23,27). The van der Waals surface area contributed by atoms with Crippen molar-refractivity contribution in [1.82, 2.24) is 4.31 Å². The van der Waals surface area contributed by atoms with E-state index in [1.54, 1.807) is 38.1 Å². The van der Waals surface area contributed by atoms with Crippen molar-refractivity contribution in [2.24, 2.45) is 0 Å². The van der Waals surface area contributed by atoms with Crippen LogP contribution < -0.4 is 14.9 Å². The Balaban J connectivity index is 1.94. The van der Waals surface area contributed by atoms with Gasteiger partial charge in [0.2, 0.25) is 20.0 Å². The van der Waals surface area contributed by atoms with Gasteiger partial charge in [-0.3, -0.25) is 9.52 Å². The summed E-state index contributed by atoms with van der Waals surface area (Å²) in [7, 11) is -4.24. The number of rotatable bonds is 8. The van der Waals surface area contributed by atoms with Gasteiger partial charge in [-0.1, -0.05) is 0 Å². The maximum absolute atomic E-state index is 13.3. The van der Waals surface area contributed by atoms with E-state index in [-0.39, 0.29) is 16.2 Å². The summed E-state index contributed by atoms with van der Waals surface area (Å²) in [6, 6.07) is 9.49. The number of amides is 1. The van der Waals surface area contributed by atoms with Crippen LogP contribution in [0.25, 0.3) is 0 Å². The molecule has 0 unspecified atom stereocenters. The summed E-state index contributed by atoms with van der Waals surface area (Å²) in [6.45, 7) is 4.88. The molecule has 0 bridgehead atoms. The van der Waals surface area contributed by atoms with Crippen LogP contribution in [0.1, 0.15) is 35.7 Å². The molecule has 180 valence electrons. The second kappa shape index (κ2) is 9.70. The van der Waals surface area contributed by atoms with Gasteiger partial charge < -0.3 is 10.2 Å². The molecule has 9 nitrogen and oxygen atoms in total. The Labute approximate surface area is 195 Å². The Morgan fingerprint density at radius 2 is 1.70 bits per heavy atom. The molecule has 0 saturated carbocycles. The Kier molecular flexibility index (Phi) is 7.35. The average molecular weight is 495 g/mol. The fourth-order valence-corrected chi connectivity index (χ4v) is 5.23. The minimum absolute atomic E-state index is 0.0427. The number of benzene rings is 2. The first kappa shape index (κ1) is 25.0. The molecule has 11 heteroatoms. The largest absolute Gasteiger partial charge is 0.371 e. The predicted molar refractivity (Wildman–Crippen MR) is 131 cm³/mol. The third kappa shape index (κ3) is 5.66. The van der Waals surface area contributed by atoms with E-state index in [1.165, 1.54) is 26.2 Å². The normalized spacial score (nSPS) is 14.5. The quantitative estimate of drug-likeness (QED) is 0.583. The molecule has 1 aliphatic heterocycles. The number of anilines is 3. The van der Waals surface area contributed by atoms with Gasteiger partial charge in [0.05, 0.1) is 21.9 Å². The number of carbonyl (C=O) groups is 1. The van der Waals surface area contributed by atoms with Crippen molar-refractivity contribution in [3.63, 3.8) is 0 Å². The molecule has 1 aliphatic rings. The molecule has 2 aromatic carbocycles. The van der Waals surface area contributed by atoms with Gasteiger partial charge in [0.25, 0.3) is 5.91 Å². The van der Waals surface area contributed by atoms with Gasteiger partial charge in [-0.2, -0.15) is 0 Å². The van der Waals surface area contributed by atoms with E-state index in [9.17, 15) is 21.6 Å². The Morgan fingerprint density at radius 1 is 1.03 bits per heavy atom. The Bertz CT molecular complexity index is 1250. The van der Waals surface area contributed by atoms with Crippen molar-refractivity contribution < 1.29 is 21.6 Å². The van der Waals surface area contributed by atoms with Gasteiger partial charge in [0.15, 0.2) is 0 Å². The predicted octanol–water partition coefficient (Wildman–Crippen LogP) is 2.86. The first-order valence-corrected chi connectivity index (χ1v) is 13.8. The number of nitrogens with one attached hydrogen (secondary N) is 2. The highest BCUT2D eigenvalue weighted by molar-refractivity contribution is 7.92. The van der Waals surface area contributed by atoms with Gasteiger partial charge in [-0.15, -0.1) is 0 Å². The van der Waals surface area contributed by atoms with E-state index in [2.05, 4.69) is 14.9 Å². The second-order valence-corrected chi connectivity index (χ2v) is 12.3. The third-order valence-corrected chi connectivity index (χ3v) is 8.67. The van der Waals surface area contributed by atoms with Crippen molar-refractivity contribution in [2.45, 2.75) is 31.6 Å². The minimum atomic E-state index is -3.71. The molecule has 0 aromatic heterocycles. The highest BCUT2D eigenvalue weighted by Crippen LogP contribution is 2.29. The molecule has 3 rings (SSSR count). The fourth-order valence-electron chi connectivity index (χ4n) is 3.60. The van der Waals surface area contributed by atoms with Gasteiger partial charge in [0, 0.05) is 38.6 Å². The van der Waals surface area contributed by atoms with Gasteiger partial charge in [0.1, 0.15) is 0 Å². The van der Waals surface area contributed by atoms with Crippen LogP contribution in [0.5, 0.6) is 0 Å². The highest BCUT2D eigenvalue weighted by atomic mass is 32.2. The molecule has 1 saturated heterocycles. The molecule has 0 spiro atoms. The van der Waals surface area contributed by atoms with Crippen LogP contribution in [-0.4, -0.2) is 60.0 Å². The lowest BCUT2D eigenvalue weighted by Crippen LogP contribution is -2.25. The smallest absolute Gasteiger partial charge is 0.257 e. The van der Waals surface area contributed by atoms with Crippen molar-refractivity contribution >= 4 is 43.0 Å². The molecule has 33 heavy (non-hydrogen) atoms. The third-order valence-electron chi connectivity index (χ3n) is 5.57. The molecule has 1 amide bonds. The van der Waals surface area contributed by atoms with Crippen LogP contribution in [0.15, 0.2) is 41.3 Å². The molecule has 1 heterocycles. The molecular formula is C22H30N4O5S2. The van der Waals surface area contributed by atoms with Gasteiger partial charge in [-0.25, -0.2) is 21.1 Å². The highest BCUT2D eigenvalue weighted by Gasteiger charge is 2.25. The minimum Gasteiger partial charge on any atom is -0.371 e. The summed E-state index contributed by atoms with van der Waals surface area (Å²) in [4.78, 5) is 15.4. The number of nitrogens with zero attached hydrogens (tertiary/aromatic N) is 2. The fraction of sp³-hybridized carbons (Fsp3) is 0.409. The van der Waals surface area contributed by atoms with Crippen LogP contribution in [0, 0.1) is 6.92 Å². The summed E-state index contributed by atoms with van der Waals surface area (Å²) in [5.41, 5.74) is 2.52. The first-order chi connectivity index (χ1) is 15.4. The zero-order valence-corrected chi connectivity index (χ0v) is 20.9. The molecule has 2 N–H and O–H groups in total. The zero-order chi connectivity index (χ0) is 24.4. The zero-order valence-electron chi connectivity index (χ0n) is 19.3. The van der Waals surface area contributed by atoms with Crippen molar-refractivity contribution in [1.29, 1.82) is 0 Å². The second-order valence-electron chi connectivity index (χ2n) is 8.15. The number of sulfonamides is 2. The molecule has 0 radical (unpaired) electrons. The van der Waals surface area contributed by atoms with E-state index in [4.69, 9.17) is 0 Å². The summed E-state index contributed by atoms with van der Waals surface area (Å²) < 4.78 is 52.6. The van der Waals surface area contributed by atoms with E-state index < -0.39 is 26.0 Å². The molecule has 0 aliphatic carbocycles. The summed E-state index contributed by atoms with van der Waals surface area (Å²) in [5.74, 6) is -0.481. The van der Waals surface area contributed by atoms with Crippen LogP contribution in [0.2, 0.25) is 0 Å². The van der Waals surface area contributed by atoms with Crippen LogP contribution in [0.3, 0.4) is 0 Å². The average Bonchev–Trinajstić information content (AvgIpc) is 3.30. The van der Waals surface area contributed by atoms with Crippen LogP contribution in [-0.2, 0) is 20.0 Å². The first-order valence-electron chi connectivity index (χ1n) is 10.7. The SMILES string of the molecule is CCS(=O)(=O)Nc1ccc(NC(=O)c2cc(S(=O)(=O)N(C)C)ccc2N2CCCC2)cc1C. The molecule has 0 atom stereocenters. The van der Waals surface area contributed by atoms with E-state index in [0.29, 0.717) is 22.6 Å². The topological polar surface area (TPSA) is 116 Å². The number of hydrogen-bond acceptors (Lipinski definition) is 6. The summed E-state index contributed by atoms with van der Waals surface area (Å²) in [6.07, 6.45) is 2.01. The van der Waals surface area contributed by atoms with Crippen molar-refractivity contribution in [3.05, 3.63) is 47.5 Å². The van der Waals surface area contributed by atoms with Gasteiger partial charge in [-0.05, 0) is 68.7 Å². The lowest BCUT2D eigenvalue weighted by Gasteiger charge is -2.22. The molecule has 1 fully saturated rings.